The third-order valence-electron chi connectivity index (χ3n) is 4.29. The molecule has 4 heterocycles. The lowest BCUT2D eigenvalue weighted by molar-refractivity contribution is 0.215. The van der Waals surface area contributed by atoms with Crippen molar-refractivity contribution in [2.75, 3.05) is 25.0 Å². The molecule has 1 aliphatic rings. The molecule has 0 amide bonds. The number of piperidine rings is 1. The zero-order chi connectivity index (χ0) is 18.3. The minimum Gasteiger partial charge on any atom is -0.489 e. The maximum atomic E-state index is 6.13. The van der Waals surface area contributed by atoms with E-state index in [0.717, 1.165) is 31.1 Å². The Hall–Kier alpha value is -2.71. The number of anilines is 2. The molecule has 4 rings (SSSR count). The van der Waals surface area contributed by atoms with Crippen LogP contribution in [0.4, 0.5) is 10.9 Å². The highest BCUT2D eigenvalue weighted by Crippen LogP contribution is 2.32. The van der Waals surface area contributed by atoms with Gasteiger partial charge in [-0.05, 0) is 44.0 Å². The standard InChI is InChI=1S/C19H21N5O2S/c1-2-15(11-21-5-1)26-16-10-17(25-13-14-3-6-20-7-4-14)18(23-12-16)24-19-22-8-9-27-19/h1-2,5,8-12,14,20H,3-4,6-7,13H2,(H,22,23,24). The first-order chi connectivity index (χ1) is 13.4. The fourth-order valence-corrected chi connectivity index (χ4v) is 3.40. The summed E-state index contributed by atoms with van der Waals surface area (Å²) >= 11 is 1.51. The minimum absolute atomic E-state index is 0.543. The van der Waals surface area contributed by atoms with Crippen LogP contribution in [0.25, 0.3) is 0 Å². The lowest BCUT2D eigenvalue weighted by Crippen LogP contribution is -2.30. The average molecular weight is 383 g/mol. The molecule has 3 aromatic rings. The van der Waals surface area contributed by atoms with Crippen molar-refractivity contribution in [3.8, 4) is 17.2 Å². The first kappa shape index (κ1) is 17.7. The molecular weight excluding hydrogens is 362 g/mol. The van der Waals surface area contributed by atoms with Gasteiger partial charge in [0.25, 0.3) is 0 Å². The van der Waals surface area contributed by atoms with Crippen molar-refractivity contribution in [2.45, 2.75) is 12.8 Å². The molecule has 2 N–H and O–H groups in total. The van der Waals surface area contributed by atoms with Gasteiger partial charge in [0.05, 0.1) is 19.0 Å². The second-order valence-corrected chi connectivity index (χ2v) is 7.17. The average Bonchev–Trinajstić information content (AvgIpc) is 3.23. The molecule has 1 saturated heterocycles. The van der Waals surface area contributed by atoms with E-state index < -0.39 is 0 Å². The van der Waals surface area contributed by atoms with Crippen molar-refractivity contribution in [3.63, 3.8) is 0 Å². The summed E-state index contributed by atoms with van der Waals surface area (Å²) in [5.41, 5.74) is 0. The van der Waals surface area contributed by atoms with E-state index in [9.17, 15) is 0 Å². The Bertz CT molecular complexity index is 839. The third-order valence-corrected chi connectivity index (χ3v) is 4.98. The van der Waals surface area contributed by atoms with Crippen LogP contribution < -0.4 is 20.1 Å². The van der Waals surface area contributed by atoms with Crippen LogP contribution in [0.1, 0.15) is 12.8 Å². The second-order valence-electron chi connectivity index (χ2n) is 6.28. The van der Waals surface area contributed by atoms with Crippen molar-refractivity contribution in [1.29, 1.82) is 0 Å². The van der Waals surface area contributed by atoms with Crippen molar-refractivity contribution in [1.82, 2.24) is 20.3 Å². The smallest absolute Gasteiger partial charge is 0.188 e. The quantitative estimate of drug-likeness (QED) is 0.641. The summed E-state index contributed by atoms with van der Waals surface area (Å²) in [7, 11) is 0. The molecule has 0 radical (unpaired) electrons. The Balaban J connectivity index is 1.52. The molecule has 0 aliphatic carbocycles. The predicted molar refractivity (Wildman–Crippen MR) is 105 cm³/mol. The van der Waals surface area contributed by atoms with Crippen molar-refractivity contribution in [3.05, 3.63) is 48.4 Å². The Morgan fingerprint density at radius 3 is 2.85 bits per heavy atom. The maximum absolute atomic E-state index is 6.13. The topological polar surface area (TPSA) is 81.2 Å². The number of nitrogens with one attached hydrogen (secondary N) is 2. The van der Waals surface area contributed by atoms with Crippen molar-refractivity contribution >= 4 is 22.3 Å². The highest BCUT2D eigenvalue weighted by atomic mass is 32.1. The Morgan fingerprint density at radius 2 is 2.07 bits per heavy atom. The van der Waals surface area contributed by atoms with Crippen LogP contribution in [-0.2, 0) is 0 Å². The Morgan fingerprint density at radius 1 is 1.15 bits per heavy atom. The van der Waals surface area contributed by atoms with E-state index in [4.69, 9.17) is 9.47 Å². The number of rotatable bonds is 7. The van der Waals surface area contributed by atoms with Gasteiger partial charge in [0.1, 0.15) is 11.5 Å². The molecule has 1 aliphatic heterocycles. The summed E-state index contributed by atoms with van der Waals surface area (Å²) in [5.74, 6) is 3.10. The molecule has 3 aromatic heterocycles. The van der Waals surface area contributed by atoms with E-state index in [2.05, 4.69) is 25.6 Å². The van der Waals surface area contributed by atoms with Gasteiger partial charge in [-0.25, -0.2) is 9.97 Å². The lowest BCUT2D eigenvalue weighted by atomic mass is 9.99. The molecule has 140 valence electrons. The van der Waals surface area contributed by atoms with Crippen LogP contribution in [0, 0.1) is 5.92 Å². The van der Waals surface area contributed by atoms with Crippen LogP contribution in [0.5, 0.6) is 17.2 Å². The Kier molecular flexibility index (Phi) is 5.76. The maximum Gasteiger partial charge on any atom is 0.188 e. The number of nitrogens with zero attached hydrogens (tertiary/aromatic N) is 3. The molecular formula is C19H21N5O2S. The van der Waals surface area contributed by atoms with E-state index in [1.54, 1.807) is 24.8 Å². The number of hydrogen-bond donors (Lipinski definition) is 2. The molecule has 27 heavy (non-hydrogen) atoms. The van der Waals surface area contributed by atoms with Crippen molar-refractivity contribution < 1.29 is 9.47 Å². The summed E-state index contributed by atoms with van der Waals surface area (Å²) in [4.78, 5) is 12.8. The van der Waals surface area contributed by atoms with Crippen molar-refractivity contribution in [2.24, 2.45) is 5.92 Å². The molecule has 7 nitrogen and oxygen atoms in total. The van der Waals surface area contributed by atoms with Crippen LogP contribution in [0.2, 0.25) is 0 Å². The first-order valence-electron chi connectivity index (χ1n) is 8.95. The van der Waals surface area contributed by atoms with E-state index >= 15 is 0 Å². The summed E-state index contributed by atoms with van der Waals surface area (Å²) in [5, 5.41) is 9.29. The van der Waals surface area contributed by atoms with Gasteiger partial charge in [-0.15, -0.1) is 11.3 Å². The van der Waals surface area contributed by atoms with Crippen LogP contribution in [-0.4, -0.2) is 34.6 Å². The van der Waals surface area contributed by atoms with Crippen LogP contribution >= 0.6 is 11.3 Å². The molecule has 0 atom stereocenters. The summed E-state index contributed by atoms with van der Waals surface area (Å²) < 4.78 is 12.0. The molecule has 0 unspecified atom stereocenters. The zero-order valence-corrected chi connectivity index (χ0v) is 15.6. The van der Waals surface area contributed by atoms with Gasteiger partial charge in [-0.3, -0.25) is 4.98 Å². The van der Waals surface area contributed by atoms with E-state index in [0.29, 0.717) is 35.6 Å². The molecule has 0 spiro atoms. The van der Waals surface area contributed by atoms with Gasteiger partial charge in [0.2, 0.25) is 0 Å². The number of pyridine rings is 2. The van der Waals surface area contributed by atoms with Crippen LogP contribution in [0.15, 0.2) is 48.4 Å². The van der Waals surface area contributed by atoms with Gasteiger partial charge in [0.15, 0.2) is 16.7 Å². The SMILES string of the molecule is c1cncc(Oc2cnc(Nc3nccs3)c(OCC3CCNCC3)c2)c1. The lowest BCUT2D eigenvalue weighted by Gasteiger charge is -2.23. The number of aromatic nitrogens is 3. The second kappa shape index (κ2) is 8.79. The normalized spacial score (nSPS) is 14.7. The van der Waals surface area contributed by atoms with E-state index in [1.165, 1.54) is 11.3 Å². The fourth-order valence-electron chi connectivity index (χ4n) is 2.87. The van der Waals surface area contributed by atoms with Gasteiger partial charge < -0.3 is 20.1 Å². The fraction of sp³-hybridized carbons (Fsp3) is 0.316. The zero-order valence-electron chi connectivity index (χ0n) is 14.8. The minimum atomic E-state index is 0.543. The summed E-state index contributed by atoms with van der Waals surface area (Å²) in [6.07, 6.45) is 9.03. The number of ether oxygens (including phenoxy) is 2. The van der Waals surface area contributed by atoms with E-state index in [1.807, 2.05) is 23.6 Å². The summed E-state index contributed by atoms with van der Waals surface area (Å²) in [6.45, 7) is 2.74. The molecule has 0 saturated carbocycles. The highest BCUT2D eigenvalue weighted by Gasteiger charge is 2.16. The highest BCUT2D eigenvalue weighted by molar-refractivity contribution is 7.13. The van der Waals surface area contributed by atoms with Gasteiger partial charge in [-0.1, -0.05) is 0 Å². The largest absolute Gasteiger partial charge is 0.489 e. The molecule has 0 bridgehead atoms. The Labute approximate surface area is 161 Å². The monoisotopic (exact) mass is 383 g/mol. The predicted octanol–water partition coefficient (Wildman–Crippen LogP) is 3.85. The first-order valence-corrected chi connectivity index (χ1v) is 9.83. The summed E-state index contributed by atoms with van der Waals surface area (Å²) in [6, 6.07) is 5.54. The third kappa shape index (κ3) is 4.93. The van der Waals surface area contributed by atoms with E-state index in [-0.39, 0.29) is 0 Å². The van der Waals surface area contributed by atoms with Gasteiger partial charge in [0, 0.05) is 23.8 Å². The molecule has 1 fully saturated rings. The molecule has 0 aromatic carbocycles. The van der Waals surface area contributed by atoms with Crippen LogP contribution in [0.3, 0.4) is 0 Å². The molecule has 8 heteroatoms. The number of thiazole rings is 1. The van der Waals surface area contributed by atoms with Gasteiger partial charge in [-0.2, -0.15) is 0 Å². The van der Waals surface area contributed by atoms with Gasteiger partial charge >= 0.3 is 0 Å². The number of hydrogen-bond acceptors (Lipinski definition) is 8.